The van der Waals surface area contributed by atoms with Crippen LogP contribution in [0.15, 0.2) is 42.7 Å². The molecule has 0 atom stereocenters. The molecule has 0 saturated heterocycles. The zero-order valence-corrected chi connectivity index (χ0v) is 8.59. The highest BCUT2D eigenvalue weighted by molar-refractivity contribution is 5.39. The molecule has 0 saturated carbocycles. The van der Waals surface area contributed by atoms with Gasteiger partial charge in [0.1, 0.15) is 11.9 Å². The van der Waals surface area contributed by atoms with Gasteiger partial charge >= 0.3 is 0 Å². The van der Waals surface area contributed by atoms with Gasteiger partial charge in [0.2, 0.25) is 0 Å². The van der Waals surface area contributed by atoms with Crippen molar-refractivity contribution in [2.75, 3.05) is 5.32 Å². The fourth-order valence-electron chi connectivity index (χ4n) is 1.25. The maximum Gasteiger partial charge on any atom is 0.126 e. The van der Waals surface area contributed by atoms with Gasteiger partial charge < -0.3 is 5.32 Å². The molecule has 0 unspecified atom stereocenters. The minimum Gasteiger partial charge on any atom is -0.364 e. The number of pyridine rings is 2. The standard InChI is InChI=1S/C12H10N4/c13-7-10-4-5-12(15-8-10)16-9-11-3-1-2-6-14-11/h1-6,8H,9H2,(H,15,16). The van der Waals surface area contributed by atoms with Gasteiger partial charge in [0.15, 0.2) is 0 Å². The fraction of sp³-hybridized carbons (Fsp3) is 0.0833. The molecule has 2 aromatic rings. The third-order valence-electron chi connectivity index (χ3n) is 2.07. The van der Waals surface area contributed by atoms with E-state index in [-0.39, 0.29) is 0 Å². The van der Waals surface area contributed by atoms with Crippen LogP contribution in [0.4, 0.5) is 5.82 Å². The zero-order valence-electron chi connectivity index (χ0n) is 8.59. The normalized spacial score (nSPS) is 9.44. The molecule has 0 radical (unpaired) electrons. The van der Waals surface area contributed by atoms with Crippen molar-refractivity contribution in [2.24, 2.45) is 0 Å². The van der Waals surface area contributed by atoms with Crippen LogP contribution < -0.4 is 5.32 Å². The maximum atomic E-state index is 8.62. The lowest BCUT2D eigenvalue weighted by Crippen LogP contribution is -2.02. The maximum absolute atomic E-state index is 8.62. The van der Waals surface area contributed by atoms with E-state index in [0.717, 1.165) is 11.5 Å². The number of anilines is 1. The van der Waals surface area contributed by atoms with Crippen molar-refractivity contribution in [3.05, 3.63) is 54.0 Å². The van der Waals surface area contributed by atoms with Crippen molar-refractivity contribution in [3.63, 3.8) is 0 Å². The molecule has 0 aliphatic rings. The Morgan fingerprint density at radius 2 is 2.12 bits per heavy atom. The number of rotatable bonds is 3. The lowest BCUT2D eigenvalue weighted by Gasteiger charge is -2.04. The summed E-state index contributed by atoms with van der Waals surface area (Å²) in [4.78, 5) is 8.29. The predicted octanol–water partition coefficient (Wildman–Crippen LogP) is 1.96. The summed E-state index contributed by atoms with van der Waals surface area (Å²) < 4.78 is 0. The van der Waals surface area contributed by atoms with Gasteiger partial charge in [-0.15, -0.1) is 0 Å². The largest absolute Gasteiger partial charge is 0.364 e. The van der Waals surface area contributed by atoms with Crippen LogP contribution in [0.3, 0.4) is 0 Å². The molecule has 4 nitrogen and oxygen atoms in total. The third kappa shape index (κ3) is 2.55. The van der Waals surface area contributed by atoms with E-state index in [9.17, 15) is 0 Å². The number of nitriles is 1. The average molecular weight is 210 g/mol. The van der Waals surface area contributed by atoms with E-state index in [2.05, 4.69) is 15.3 Å². The Bertz CT molecular complexity index is 485. The molecule has 0 aliphatic heterocycles. The minimum atomic E-state index is 0.559. The topological polar surface area (TPSA) is 61.6 Å². The zero-order chi connectivity index (χ0) is 11.2. The summed E-state index contributed by atoms with van der Waals surface area (Å²) in [6.45, 7) is 0.625. The summed E-state index contributed by atoms with van der Waals surface area (Å²) in [5.74, 6) is 0.740. The van der Waals surface area contributed by atoms with Crippen LogP contribution in [0.5, 0.6) is 0 Å². The van der Waals surface area contributed by atoms with Crippen molar-refractivity contribution in [2.45, 2.75) is 6.54 Å². The second-order valence-electron chi connectivity index (χ2n) is 3.22. The monoisotopic (exact) mass is 210 g/mol. The summed E-state index contributed by atoms with van der Waals surface area (Å²) in [7, 11) is 0. The SMILES string of the molecule is N#Cc1ccc(NCc2ccccn2)nc1. The van der Waals surface area contributed by atoms with E-state index in [4.69, 9.17) is 5.26 Å². The van der Waals surface area contributed by atoms with Crippen molar-refractivity contribution >= 4 is 5.82 Å². The van der Waals surface area contributed by atoms with E-state index in [0.29, 0.717) is 12.1 Å². The molecular weight excluding hydrogens is 200 g/mol. The van der Waals surface area contributed by atoms with Crippen molar-refractivity contribution in [1.82, 2.24) is 9.97 Å². The van der Waals surface area contributed by atoms with Crippen molar-refractivity contribution in [1.29, 1.82) is 5.26 Å². The Balaban J connectivity index is 1.98. The van der Waals surface area contributed by atoms with Crippen LogP contribution in [-0.4, -0.2) is 9.97 Å². The second kappa shape index (κ2) is 4.89. The Hall–Kier alpha value is -2.41. The quantitative estimate of drug-likeness (QED) is 0.841. The number of nitrogens with one attached hydrogen (secondary N) is 1. The Labute approximate surface area is 93.6 Å². The van der Waals surface area contributed by atoms with Gasteiger partial charge in [-0.05, 0) is 24.3 Å². The van der Waals surface area contributed by atoms with Crippen LogP contribution in [0.25, 0.3) is 0 Å². The minimum absolute atomic E-state index is 0.559. The molecule has 0 fully saturated rings. The Kier molecular flexibility index (Phi) is 3.10. The molecule has 0 spiro atoms. The van der Waals surface area contributed by atoms with Gasteiger partial charge in [-0.25, -0.2) is 4.98 Å². The van der Waals surface area contributed by atoms with Crippen molar-refractivity contribution in [3.8, 4) is 6.07 Å². The lowest BCUT2D eigenvalue weighted by atomic mass is 10.3. The number of aromatic nitrogens is 2. The molecule has 0 aromatic carbocycles. The molecule has 2 heterocycles. The van der Waals surface area contributed by atoms with Crippen LogP contribution in [0.2, 0.25) is 0 Å². The average Bonchev–Trinajstić information content (AvgIpc) is 2.38. The molecule has 0 amide bonds. The number of hydrogen-bond donors (Lipinski definition) is 1. The van der Waals surface area contributed by atoms with Gasteiger partial charge in [-0.1, -0.05) is 6.07 Å². The summed E-state index contributed by atoms with van der Waals surface area (Å²) >= 11 is 0. The molecule has 4 heteroatoms. The van der Waals surface area contributed by atoms with Crippen LogP contribution in [-0.2, 0) is 6.54 Å². The first-order valence-corrected chi connectivity index (χ1v) is 4.88. The molecule has 16 heavy (non-hydrogen) atoms. The van der Waals surface area contributed by atoms with E-state index in [1.165, 1.54) is 0 Å². The highest BCUT2D eigenvalue weighted by Gasteiger charge is 1.96. The highest BCUT2D eigenvalue weighted by atomic mass is 15.0. The lowest BCUT2D eigenvalue weighted by molar-refractivity contribution is 1.03. The van der Waals surface area contributed by atoms with Gasteiger partial charge in [-0.2, -0.15) is 5.26 Å². The van der Waals surface area contributed by atoms with Crippen LogP contribution in [0, 0.1) is 11.3 Å². The van der Waals surface area contributed by atoms with Gasteiger partial charge in [0.25, 0.3) is 0 Å². The molecule has 2 rings (SSSR count). The van der Waals surface area contributed by atoms with Crippen molar-refractivity contribution < 1.29 is 0 Å². The number of hydrogen-bond acceptors (Lipinski definition) is 4. The number of nitrogens with zero attached hydrogens (tertiary/aromatic N) is 3. The predicted molar refractivity (Wildman–Crippen MR) is 60.5 cm³/mol. The van der Waals surface area contributed by atoms with Gasteiger partial charge in [0.05, 0.1) is 17.8 Å². The summed E-state index contributed by atoms with van der Waals surface area (Å²) in [5.41, 5.74) is 1.51. The summed E-state index contributed by atoms with van der Waals surface area (Å²) in [5, 5.41) is 11.7. The molecule has 78 valence electrons. The third-order valence-corrected chi connectivity index (χ3v) is 2.07. The molecule has 2 aromatic heterocycles. The van der Waals surface area contributed by atoms with Gasteiger partial charge in [-0.3, -0.25) is 4.98 Å². The van der Waals surface area contributed by atoms with E-state index < -0.39 is 0 Å². The summed E-state index contributed by atoms with van der Waals surface area (Å²) in [6, 6.07) is 11.3. The van der Waals surface area contributed by atoms with Crippen LogP contribution in [0.1, 0.15) is 11.3 Å². The first-order chi connectivity index (χ1) is 7.88. The molecule has 1 N–H and O–H groups in total. The molecular formula is C12H10N4. The molecule has 0 aliphatic carbocycles. The summed E-state index contributed by atoms with van der Waals surface area (Å²) in [6.07, 6.45) is 3.30. The fourth-order valence-corrected chi connectivity index (χ4v) is 1.25. The Morgan fingerprint density at radius 3 is 2.75 bits per heavy atom. The first kappa shape index (κ1) is 10.1. The van der Waals surface area contributed by atoms with E-state index >= 15 is 0 Å². The Morgan fingerprint density at radius 1 is 1.19 bits per heavy atom. The highest BCUT2D eigenvalue weighted by Crippen LogP contribution is 2.05. The second-order valence-corrected chi connectivity index (χ2v) is 3.22. The van der Waals surface area contributed by atoms with E-state index in [1.807, 2.05) is 24.3 Å². The smallest absolute Gasteiger partial charge is 0.126 e. The molecule has 0 bridgehead atoms. The van der Waals surface area contributed by atoms with Gasteiger partial charge in [0, 0.05) is 12.4 Å². The van der Waals surface area contributed by atoms with E-state index in [1.54, 1.807) is 24.5 Å². The first-order valence-electron chi connectivity index (χ1n) is 4.88. The van der Waals surface area contributed by atoms with Crippen LogP contribution >= 0.6 is 0 Å².